The molecule has 1 N–H and O–H groups in total. The Morgan fingerprint density at radius 2 is 1.42 bits per heavy atom. The first-order valence-electron chi connectivity index (χ1n) is 9.22. The predicted octanol–water partition coefficient (Wildman–Crippen LogP) is 4.95. The van der Waals surface area contributed by atoms with E-state index >= 15 is 0 Å². The average molecular weight is 362 g/mol. The van der Waals surface area contributed by atoms with Gasteiger partial charge in [-0.3, -0.25) is 0 Å². The summed E-state index contributed by atoms with van der Waals surface area (Å²) >= 11 is 0. The van der Waals surface area contributed by atoms with E-state index < -0.39 is 11.7 Å². The molecule has 0 aromatic heterocycles. The van der Waals surface area contributed by atoms with Gasteiger partial charge in [-0.05, 0) is 74.3 Å². The van der Waals surface area contributed by atoms with Crippen LogP contribution in [0, 0.1) is 0 Å². The second-order valence-corrected chi connectivity index (χ2v) is 6.85. The van der Waals surface area contributed by atoms with Gasteiger partial charge in [0.25, 0.3) is 0 Å². The molecule has 1 fully saturated rings. The molecule has 3 rings (SSSR count). The summed E-state index contributed by atoms with van der Waals surface area (Å²) in [6.07, 6.45) is -0.468. The number of nitrogens with one attached hydrogen (secondary N) is 1. The van der Waals surface area contributed by atoms with Gasteiger partial charge in [0.15, 0.2) is 0 Å². The fourth-order valence-corrected chi connectivity index (χ4v) is 3.33. The number of likely N-dealkylation sites (tertiary alicyclic amines) is 1. The van der Waals surface area contributed by atoms with Crippen molar-refractivity contribution in [3.63, 3.8) is 0 Å². The second kappa shape index (κ2) is 8.69. The Morgan fingerprint density at radius 1 is 0.846 bits per heavy atom. The largest absolute Gasteiger partial charge is 0.416 e. The summed E-state index contributed by atoms with van der Waals surface area (Å²) < 4.78 is 37.9. The molecule has 0 bridgehead atoms. The Morgan fingerprint density at radius 3 is 2.00 bits per heavy atom. The Kier molecular flexibility index (Phi) is 6.33. The maximum atomic E-state index is 12.6. The molecule has 1 aliphatic rings. The van der Waals surface area contributed by atoms with Crippen molar-refractivity contribution in [2.45, 2.75) is 32.0 Å². The lowest BCUT2D eigenvalue weighted by atomic mass is 10.0. The van der Waals surface area contributed by atoms with E-state index in [2.05, 4.69) is 10.2 Å². The van der Waals surface area contributed by atoms with Crippen molar-refractivity contribution in [1.82, 2.24) is 10.2 Å². The van der Waals surface area contributed by atoms with E-state index in [4.69, 9.17) is 0 Å². The van der Waals surface area contributed by atoms with Crippen molar-refractivity contribution in [2.24, 2.45) is 0 Å². The molecule has 1 saturated heterocycles. The minimum Gasteiger partial charge on any atom is -0.313 e. The van der Waals surface area contributed by atoms with Gasteiger partial charge in [-0.1, -0.05) is 36.4 Å². The van der Waals surface area contributed by atoms with Crippen molar-refractivity contribution in [3.8, 4) is 11.1 Å². The van der Waals surface area contributed by atoms with Crippen LogP contribution in [-0.4, -0.2) is 31.1 Å². The summed E-state index contributed by atoms with van der Waals surface area (Å²) in [6.45, 7) is 5.46. The van der Waals surface area contributed by atoms with E-state index in [0.29, 0.717) is 0 Å². The van der Waals surface area contributed by atoms with E-state index in [-0.39, 0.29) is 0 Å². The molecule has 0 saturated carbocycles. The third-order valence-corrected chi connectivity index (χ3v) is 4.86. The van der Waals surface area contributed by atoms with Gasteiger partial charge in [0.05, 0.1) is 5.56 Å². The number of rotatable bonds is 7. The van der Waals surface area contributed by atoms with Gasteiger partial charge in [0, 0.05) is 6.54 Å². The Labute approximate surface area is 153 Å². The smallest absolute Gasteiger partial charge is 0.313 e. The van der Waals surface area contributed by atoms with Gasteiger partial charge in [-0.2, -0.15) is 13.2 Å². The Bertz CT molecular complexity index is 672. The first-order chi connectivity index (χ1) is 12.5. The zero-order valence-electron chi connectivity index (χ0n) is 14.9. The molecule has 2 aromatic rings. The number of hydrogen-bond acceptors (Lipinski definition) is 2. The molecule has 0 aliphatic carbocycles. The van der Waals surface area contributed by atoms with Gasteiger partial charge in [-0.15, -0.1) is 0 Å². The van der Waals surface area contributed by atoms with Crippen LogP contribution < -0.4 is 5.32 Å². The summed E-state index contributed by atoms with van der Waals surface area (Å²) in [7, 11) is 0. The Balaban J connectivity index is 1.45. The number of alkyl halides is 3. The third kappa shape index (κ3) is 5.32. The van der Waals surface area contributed by atoms with E-state index in [0.717, 1.165) is 42.8 Å². The lowest BCUT2D eigenvalue weighted by Crippen LogP contribution is -2.24. The highest BCUT2D eigenvalue weighted by Gasteiger charge is 2.29. The van der Waals surface area contributed by atoms with E-state index in [1.165, 1.54) is 50.2 Å². The highest BCUT2D eigenvalue weighted by molar-refractivity contribution is 5.64. The van der Waals surface area contributed by atoms with Crippen LogP contribution in [0.15, 0.2) is 48.5 Å². The molecule has 0 amide bonds. The zero-order valence-corrected chi connectivity index (χ0v) is 14.9. The van der Waals surface area contributed by atoms with Crippen LogP contribution in [0.4, 0.5) is 13.2 Å². The van der Waals surface area contributed by atoms with Crippen LogP contribution in [0.3, 0.4) is 0 Å². The number of hydrogen-bond donors (Lipinski definition) is 1. The lowest BCUT2D eigenvalue weighted by molar-refractivity contribution is -0.137. The zero-order chi connectivity index (χ0) is 18.4. The highest BCUT2D eigenvalue weighted by atomic mass is 19.4. The van der Waals surface area contributed by atoms with Crippen LogP contribution in [0.1, 0.15) is 30.4 Å². The molecule has 0 radical (unpaired) electrons. The van der Waals surface area contributed by atoms with Crippen LogP contribution in [0.25, 0.3) is 11.1 Å². The summed E-state index contributed by atoms with van der Waals surface area (Å²) in [6, 6.07) is 13.3. The summed E-state index contributed by atoms with van der Waals surface area (Å²) in [5.41, 5.74) is 2.29. The van der Waals surface area contributed by atoms with E-state index in [1.54, 1.807) is 0 Å². The molecule has 5 heteroatoms. The molecular formula is C21H25F3N2. The monoisotopic (exact) mass is 362 g/mol. The fourth-order valence-electron chi connectivity index (χ4n) is 3.33. The van der Waals surface area contributed by atoms with E-state index in [9.17, 15) is 13.2 Å². The van der Waals surface area contributed by atoms with Crippen LogP contribution >= 0.6 is 0 Å². The number of nitrogens with zero attached hydrogens (tertiary/aromatic N) is 1. The number of benzene rings is 2. The lowest BCUT2D eigenvalue weighted by Gasteiger charge is -2.14. The molecule has 0 unspecified atom stereocenters. The van der Waals surface area contributed by atoms with Crippen molar-refractivity contribution >= 4 is 0 Å². The fraction of sp³-hybridized carbons (Fsp3) is 0.429. The quantitative estimate of drug-likeness (QED) is 0.701. The molecule has 26 heavy (non-hydrogen) atoms. The van der Waals surface area contributed by atoms with Crippen molar-refractivity contribution in [1.29, 1.82) is 0 Å². The van der Waals surface area contributed by atoms with Gasteiger partial charge in [0.2, 0.25) is 0 Å². The van der Waals surface area contributed by atoms with Gasteiger partial charge >= 0.3 is 6.18 Å². The highest BCUT2D eigenvalue weighted by Crippen LogP contribution is 2.31. The van der Waals surface area contributed by atoms with Crippen LogP contribution in [-0.2, 0) is 12.7 Å². The summed E-state index contributed by atoms with van der Waals surface area (Å²) in [5, 5.41) is 3.46. The molecular weight excluding hydrogens is 337 g/mol. The molecule has 2 nitrogen and oxygen atoms in total. The topological polar surface area (TPSA) is 15.3 Å². The molecule has 1 aliphatic heterocycles. The minimum atomic E-state index is -4.29. The standard InChI is InChI=1S/C21H25F3N2/c22-21(23,24)20-10-8-19(9-11-20)18-6-4-17(5-7-18)16-25-12-3-15-26-13-1-2-14-26/h4-11,25H,1-3,12-16H2. The minimum absolute atomic E-state index is 0.615. The number of halogens is 3. The third-order valence-electron chi connectivity index (χ3n) is 4.86. The molecule has 140 valence electrons. The van der Waals surface area contributed by atoms with Crippen molar-refractivity contribution in [3.05, 3.63) is 59.7 Å². The molecule has 0 spiro atoms. The summed E-state index contributed by atoms with van der Waals surface area (Å²) in [4.78, 5) is 2.51. The van der Waals surface area contributed by atoms with Crippen molar-refractivity contribution in [2.75, 3.05) is 26.2 Å². The summed E-state index contributed by atoms with van der Waals surface area (Å²) in [5.74, 6) is 0. The molecule has 1 heterocycles. The van der Waals surface area contributed by atoms with Crippen molar-refractivity contribution < 1.29 is 13.2 Å². The van der Waals surface area contributed by atoms with Crippen LogP contribution in [0.5, 0.6) is 0 Å². The van der Waals surface area contributed by atoms with Gasteiger partial charge in [-0.25, -0.2) is 0 Å². The average Bonchev–Trinajstić information content (AvgIpc) is 3.15. The van der Waals surface area contributed by atoms with Gasteiger partial charge < -0.3 is 10.2 Å². The van der Waals surface area contributed by atoms with E-state index in [1.807, 2.05) is 24.3 Å². The van der Waals surface area contributed by atoms with Crippen LogP contribution in [0.2, 0.25) is 0 Å². The molecule has 0 atom stereocenters. The SMILES string of the molecule is FC(F)(F)c1ccc(-c2ccc(CNCCCN3CCCC3)cc2)cc1. The van der Waals surface area contributed by atoms with Gasteiger partial charge in [0.1, 0.15) is 0 Å². The maximum absolute atomic E-state index is 12.6. The Hall–Kier alpha value is -1.85. The predicted molar refractivity (Wildman–Crippen MR) is 98.9 cm³/mol. The first-order valence-corrected chi connectivity index (χ1v) is 9.22. The normalized spacial score (nSPS) is 15.5. The second-order valence-electron chi connectivity index (χ2n) is 6.85. The molecule has 2 aromatic carbocycles. The maximum Gasteiger partial charge on any atom is 0.416 e. The first kappa shape index (κ1) is 18.9.